The molecule has 3 rings (SSSR count). The third kappa shape index (κ3) is 3.71. The molecular formula is C22H20O3Zn. The molecule has 26 heavy (non-hydrogen) atoms. The van der Waals surface area contributed by atoms with Gasteiger partial charge in [0.1, 0.15) is 11.3 Å². The largest absolute Gasteiger partial charge is 0.507 e. The minimum absolute atomic E-state index is 0. The number of phenols is 1. The summed E-state index contributed by atoms with van der Waals surface area (Å²) in [4.78, 5) is 11.7. The number of hydrogen-bond donors (Lipinski definition) is 2. The van der Waals surface area contributed by atoms with E-state index < -0.39 is 11.4 Å². The predicted molar refractivity (Wildman–Crippen MR) is 99.1 cm³/mol. The van der Waals surface area contributed by atoms with E-state index in [4.69, 9.17) is 0 Å². The number of carbonyl (C=O) groups is 1. The number of aromatic hydroxyl groups is 1. The van der Waals surface area contributed by atoms with Crippen molar-refractivity contribution in [2.45, 2.75) is 19.3 Å². The first-order valence-electron chi connectivity index (χ1n) is 8.13. The van der Waals surface area contributed by atoms with E-state index in [1.807, 2.05) is 80.6 Å². The Morgan fingerprint density at radius 2 is 1.38 bits per heavy atom. The van der Waals surface area contributed by atoms with Crippen molar-refractivity contribution in [1.29, 1.82) is 0 Å². The number of carboxylic acid groups (broad SMARTS) is 1. The normalized spacial score (nSPS) is 10.8. The molecule has 0 bridgehead atoms. The van der Waals surface area contributed by atoms with Crippen LogP contribution in [0.1, 0.15) is 35.3 Å². The first-order chi connectivity index (χ1) is 11.9. The van der Waals surface area contributed by atoms with E-state index in [9.17, 15) is 15.0 Å². The molecule has 0 heterocycles. The number of rotatable bonds is 4. The summed E-state index contributed by atoms with van der Waals surface area (Å²) in [5.41, 5.74) is 2.66. The van der Waals surface area contributed by atoms with Crippen LogP contribution in [0.2, 0.25) is 0 Å². The van der Waals surface area contributed by atoms with Gasteiger partial charge in [0.15, 0.2) is 0 Å². The molecule has 0 saturated carbocycles. The van der Waals surface area contributed by atoms with Gasteiger partial charge in [-0.1, -0.05) is 74.5 Å². The average molecular weight is 398 g/mol. The van der Waals surface area contributed by atoms with Crippen molar-refractivity contribution < 1.29 is 34.5 Å². The summed E-state index contributed by atoms with van der Waals surface area (Å²) in [6.07, 6.45) is 0. The van der Waals surface area contributed by atoms with Crippen LogP contribution in [0.25, 0.3) is 11.1 Å². The minimum Gasteiger partial charge on any atom is -0.507 e. The van der Waals surface area contributed by atoms with E-state index in [1.165, 1.54) is 6.07 Å². The third-order valence-electron chi connectivity index (χ3n) is 4.62. The van der Waals surface area contributed by atoms with Crippen LogP contribution >= 0.6 is 0 Å². The summed E-state index contributed by atoms with van der Waals surface area (Å²) >= 11 is 0. The maximum absolute atomic E-state index is 11.7. The number of carboxylic acids is 1. The standard InChI is InChI=1S/C22H20O3.Zn/c1-22(2,17-11-7-4-8-12-17)19-14-16(15-9-5-3-6-10-15)13-18(20(19)23)21(24)25;/h3-14,23H,1-2H3,(H,24,25);. The topological polar surface area (TPSA) is 57.5 Å². The van der Waals surface area contributed by atoms with Gasteiger partial charge >= 0.3 is 5.97 Å². The molecule has 0 aliphatic heterocycles. The van der Waals surface area contributed by atoms with Gasteiger partial charge in [-0.25, -0.2) is 4.79 Å². The molecule has 0 fully saturated rings. The second-order valence-electron chi connectivity index (χ2n) is 6.58. The zero-order valence-electron chi connectivity index (χ0n) is 14.9. The molecule has 0 spiro atoms. The average Bonchev–Trinajstić information content (AvgIpc) is 2.63. The first kappa shape index (κ1) is 19.9. The summed E-state index contributed by atoms with van der Waals surface area (Å²) in [7, 11) is 0. The smallest absolute Gasteiger partial charge is 0.339 e. The van der Waals surface area contributed by atoms with E-state index in [-0.39, 0.29) is 30.8 Å². The van der Waals surface area contributed by atoms with Crippen molar-refractivity contribution in [2.75, 3.05) is 0 Å². The zero-order chi connectivity index (χ0) is 18.0. The van der Waals surface area contributed by atoms with Crippen LogP contribution in [0.15, 0.2) is 72.8 Å². The van der Waals surface area contributed by atoms with Crippen molar-refractivity contribution in [1.82, 2.24) is 0 Å². The van der Waals surface area contributed by atoms with Gasteiger partial charge in [0.2, 0.25) is 0 Å². The van der Waals surface area contributed by atoms with Gasteiger partial charge in [-0.3, -0.25) is 0 Å². The monoisotopic (exact) mass is 396 g/mol. The van der Waals surface area contributed by atoms with Gasteiger partial charge in [0, 0.05) is 30.5 Å². The van der Waals surface area contributed by atoms with Crippen LogP contribution in [-0.4, -0.2) is 16.2 Å². The number of benzene rings is 3. The molecule has 0 unspecified atom stereocenters. The van der Waals surface area contributed by atoms with Crippen LogP contribution in [0.4, 0.5) is 0 Å². The number of aromatic carboxylic acids is 1. The molecule has 3 aromatic rings. The fourth-order valence-corrected chi connectivity index (χ4v) is 3.08. The summed E-state index contributed by atoms with van der Waals surface area (Å²) in [6, 6.07) is 22.8. The summed E-state index contributed by atoms with van der Waals surface area (Å²) in [5.74, 6) is -1.32. The van der Waals surface area contributed by atoms with Gasteiger partial charge in [0.05, 0.1) is 0 Å². The maximum Gasteiger partial charge on any atom is 0.339 e. The van der Waals surface area contributed by atoms with E-state index in [0.717, 1.165) is 16.7 Å². The van der Waals surface area contributed by atoms with Gasteiger partial charge in [-0.15, -0.1) is 0 Å². The van der Waals surface area contributed by atoms with Crippen molar-refractivity contribution in [2.24, 2.45) is 0 Å². The molecule has 0 amide bonds. The molecule has 0 aromatic heterocycles. The van der Waals surface area contributed by atoms with Crippen LogP contribution in [0.5, 0.6) is 5.75 Å². The van der Waals surface area contributed by atoms with Gasteiger partial charge in [-0.05, 0) is 28.8 Å². The van der Waals surface area contributed by atoms with E-state index in [0.29, 0.717) is 5.56 Å². The Labute approximate surface area is 166 Å². The second-order valence-corrected chi connectivity index (χ2v) is 6.58. The molecule has 4 heteroatoms. The van der Waals surface area contributed by atoms with Crippen LogP contribution in [0, 0.1) is 0 Å². The minimum atomic E-state index is -1.14. The quantitative estimate of drug-likeness (QED) is 0.603. The fraction of sp³-hybridized carbons (Fsp3) is 0.136. The fourth-order valence-electron chi connectivity index (χ4n) is 3.08. The maximum atomic E-state index is 11.7. The van der Waals surface area contributed by atoms with E-state index >= 15 is 0 Å². The molecule has 0 radical (unpaired) electrons. The van der Waals surface area contributed by atoms with Gasteiger partial charge < -0.3 is 10.2 Å². The van der Waals surface area contributed by atoms with Crippen molar-refractivity contribution in [3.05, 3.63) is 89.5 Å². The Balaban J connectivity index is 0.00000243. The molecular weight excluding hydrogens is 378 g/mol. The van der Waals surface area contributed by atoms with Gasteiger partial charge in [0.25, 0.3) is 0 Å². The second kappa shape index (κ2) is 7.84. The van der Waals surface area contributed by atoms with E-state index in [2.05, 4.69) is 0 Å². The summed E-state index contributed by atoms with van der Waals surface area (Å²) in [6.45, 7) is 3.97. The predicted octanol–water partition coefficient (Wildman–Crippen LogP) is 5.08. The van der Waals surface area contributed by atoms with Crippen molar-refractivity contribution >= 4 is 5.97 Å². The molecule has 0 saturated heterocycles. The van der Waals surface area contributed by atoms with Gasteiger partial charge in [-0.2, -0.15) is 0 Å². The molecule has 0 aliphatic carbocycles. The molecule has 3 nitrogen and oxygen atoms in total. The number of hydrogen-bond acceptors (Lipinski definition) is 2. The molecule has 2 N–H and O–H groups in total. The Bertz CT molecular complexity index is 903. The zero-order valence-corrected chi connectivity index (χ0v) is 17.9. The Morgan fingerprint density at radius 1 is 0.846 bits per heavy atom. The van der Waals surface area contributed by atoms with Crippen molar-refractivity contribution in [3.63, 3.8) is 0 Å². The molecule has 3 aromatic carbocycles. The van der Waals surface area contributed by atoms with Crippen molar-refractivity contribution in [3.8, 4) is 16.9 Å². The molecule has 0 atom stereocenters. The van der Waals surface area contributed by atoms with Crippen LogP contribution in [-0.2, 0) is 24.9 Å². The molecule has 128 valence electrons. The third-order valence-corrected chi connectivity index (χ3v) is 4.62. The molecule has 0 aliphatic rings. The summed E-state index contributed by atoms with van der Waals surface area (Å²) in [5, 5.41) is 20.2. The van der Waals surface area contributed by atoms with Crippen LogP contribution < -0.4 is 0 Å². The Kier molecular flexibility index (Phi) is 5.99. The van der Waals surface area contributed by atoms with E-state index in [1.54, 1.807) is 0 Å². The van der Waals surface area contributed by atoms with Crippen LogP contribution in [0.3, 0.4) is 0 Å². The Hall–Kier alpha value is -2.45. The summed E-state index contributed by atoms with van der Waals surface area (Å²) < 4.78 is 0. The Morgan fingerprint density at radius 3 is 1.92 bits per heavy atom. The SMILES string of the molecule is CC(C)(c1ccccc1)c1cc(-c2ccccc2)cc(C(=O)O)c1O.[Zn]. The first-order valence-corrected chi connectivity index (χ1v) is 8.13.